The van der Waals surface area contributed by atoms with Crippen molar-refractivity contribution in [2.45, 2.75) is 24.7 Å². The van der Waals surface area contributed by atoms with E-state index < -0.39 is 0 Å². The zero-order valence-corrected chi connectivity index (χ0v) is 9.50. The second kappa shape index (κ2) is 5.24. The van der Waals surface area contributed by atoms with Crippen molar-refractivity contribution in [2.24, 2.45) is 0 Å². The third-order valence-electron chi connectivity index (χ3n) is 1.81. The Morgan fingerprint density at radius 2 is 2.21 bits per heavy atom. The molecule has 0 bridgehead atoms. The summed E-state index contributed by atoms with van der Waals surface area (Å²) in [6, 6.07) is 3.92. The molecule has 0 aromatic carbocycles. The van der Waals surface area contributed by atoms with E-state index in [1.807, 2.05) is 22.9 Å². The third kappa shape index (κ3) is 2.64. The Balaban J connectivity index is 2.96. The molecule has 1 rings (SSSR count). The lowest BCUT2D eigenvalue weighted by Gasteiger charge is -2.14. The van der Waals surface area contributed by atoms with Gasteiger partial charge in [-0.2, -0.15) is 4.33 Å². The standard InChI is InChI=1S/C10H15NO2S/c1-8(2)10-9(14-13-12-4)6-5-7-11(10)3/h5-8H,3H2,1-2,4H3. The smallest absolute Gasteiger partial charge is 0.100 e. The molecule has 0 saturated heterocycles. The molecule has 1 aromatic rings. The van der Waals surface area contributed by atoms with Gasteiger partial charge in [0.2, 0.25) is 0 Å². The predicted octanol–water partition coefficient (Wildman–Crippen LogP) is 2.32. The van der Waals surface area contributed by atoms with Gasteiger partial charge in [0, 0.05) is 11.9 Å². The zero-order chi connectivity index (χ0) is 10.6. The van der Waals surface area contributed by atoms with Crippen LogP contribution in [0.15, 0.2) is 23.2 Å². The fourth-order valence-electron chi connectivity index (χ4n) is 1.30. The maximum atomic E-state index is 4.84. The third-order valence-corrected chi connectivity index (χ3v) is 2.54. The van der Waals surface area contributed by atoms with Gasteiger partial charge in [0.25, 0.3) is 0 Å². The summed E-state index contributed by atoms with van der Waals surface area (Å²) in [5.74, 6) is 0.400. The summed E-state index contributed by atoms with van der Waals surface area (Å²) >= 11 is 1.21. The van der Waals surface area contributed by atoms with E-state index in [0.717, 1.165) is 10.6 Å². The average molecular weight is 213 g/mol. The Morgan fingerprint density at radius 3 is 2.79 bits per heavy atom. The highest BCUT2D eigenvalue weighted by Crippen LogP contribution is 2.25. The Hall–Kier alpha value is -0.710. The predicted molar refractivity (Wildman–Crippen MR) is 55.4 cm³/mol. The largest absolute Gasteiger partial charge is 0.336 e. The molecule has 0 spiro atoms. The molecular weight excluding hydrogens is 198 g/mol. The normalized spacial score (nSPS) is 10.9. The maximum absolute atomic E-state index is 4.84. The van der Waals surface area contributed by atoms with Gasteiger partial charge in [-0.3, -0.25) is 0 Å². The van der Waals surface area contributed by atoms with Gasteiger partial charge in [-0.25, -0.2) is 4.89 Å². The van der Waals surface area contributed by atoms with Gasteiger partial charge in [0.1, 0.15) is 5.69 Å². The minimum Gasteiger partial charge on any atom is -0.336 e. The number of nitrogens with zero attached hydrogens (tertiary/aromatic N) is 1. The van der Waals surface area contributed by atoms with E-state index in [1.54, 1.807) is 0 Å². The Labute approximate surface area is 89.2 Å². The fraction of sp³-hybridized carbons (Fsp3) is 0.400. The lowest BCUT2D eigenvalue weighted by atomic mass is 10.1. The molecule has 1 aromatic heterocycles. The quantitative estimate of drug-likeness (QED) is 0.252. The highest BCUT2D eigenvalue weighted by molar-refractivity contribution is 7.94. The van der Waals surface area contributed by atoms with Crippen LogP contribution < -0.4 is 4.57 Å². The molecule has 0 aliphatic carbocycles. The summed E-state index contributed by atoms with van der Waals surface area (Å²) in [6.07, 6.45) is 1.92. The topological polar surface area (TPSA) is 22.3 Å². The number of aromatic nitrogens is 1. The van der Waals surface area contributed by atoms with Gasteiger partial charge in [-0.1, -0.05) is 26.0 Å². The van der Waals surface area contributed by atoms with Gasteiger partial charge in [0.05, 0.1) is 25.3 Å². The Kier molecular flexibility index (Phi) is 4.25. The summed E-state index contributed by atoms with van der Waals surface area (Å²) in [4.78, 5) is 5.58. The molecule has 78 valence electrons. The molecule has 0 amide bonds. The van der Waals surface area contributed by atoms with Crippen LogP contribution in [0.3, 0.4) is 0 Å². The van der Waals surface area contributed by atoms with Crippen molar-refractivity contribution >= 4 is 12.0 Å². The van der Waals surface area contributed by atoms with Crippen molar-refractivity contribution in [2.75, 3.05) is 7.11 Å². The maximum Gasteiger partial charge on any atom is 0.100 e. The minimum absolute atomic E-state index is 0.400. The lowest BCUT2D eigenvalue weighted by molar-refractivity contribution is -0.624. The van der Waals surface area contributed by atoms with E-state index in [9.17, 15) is 0 Å². The van der Waals surface area contributed by atoms with Crippen LogP contribution in [0, 0.1) is 7.05 Å². The Bertz CT molecular complexity index is 302. The highest BCUT2D eigenvalue weighted by atomic mass is 32.2. The molecule has 0 saturated carbocycles. The number of hydrogen-bond donors (Lipinski definition) is 0. The van der Waals surface area contributed by atoms with Crippen LogP contribution >= 0.6 is 12.0 Å². The van der Waals surface area contributed by atoms with Gasteiger partial charge in [-0.05, 0) is 5.92 Å². The number of rotatable bonds is 4. The summed E-state index contributed by atoms with van der Waals surface area (Å²) in [7, 11) is 5.41. The van der Waals surface area contributed by atoms with Crippen molar-refractivity contribution < 1.29 is 13.8 Å². The van der Waals surface area contributed by atoms with Gasteiger partial charge < -0.3 is 4.57 Å². The van der Waals surface area contributed by atoms with E-state index in [0.29, 0.717) is 5.92 Å². The molecule has 14 heavy (non-hydrogen) atoms. The highest BCUT2D eigenvalue weighted by Gasteiger charge is 2.11. The molecule has 0 N–H and O–H groups in total. The Morgan fingerprint density at radius 1 is 1.50 bits per heavy atom. The van der Waals surface area contributed by atoms with E-state index >= 15 is 0 Å². The molecule has 0 aliphatic heterocycles. The number of hydrogen-bond acceptors (Lipinski definition) is 3. The van der Waals surface area contributed by atoms with E-state index in [-0.39, 0.29) is 0 Å². The van der Waals surface area contributed by atoms with Crippen LogP contribution in [-0.4, -0.2) is 7.11 Å². The van der Waals surface area contributed by atoms with Gasteiger partial charge >= 0.3 is 0 Å². The minimum atomic E-state index is 0.400. The fourth-order valence-corrected chi connectivity index (χ4v) is 2.01. The van der Waals surface area contributed by atoms with Gasteiger partial charge in [0.15, 0.2) is 0 Å². The van der Waals surface area contributed by atoms with E-state index in [4.69, 9.17) is 4.33 Å². The molecule has 0 fully saturated rings. The first kappa shape index (κ1) is 11.4. The van der Waals surface area contributed by atoms with Crippen LogP contribution in [0.2, 0.25) is 0 Å². The van der Waals surface area contributed by atoms with Crippen LogP contribution in [-0.2, 0) is 9.22 Å². The summed E-state index contributed by atoms with van der Waals surface area (Å²) in [5, 5.41) is 0. The van der Waals surface area contributed by atoms with E-state index in [2.05, 4.69) is 25.8 Å². The molecule has 0 atom stereocenters. The van der Waals surface area contributed by atoms with Crippen LogP contribution in [0.4, 0.5) is 0 Å². The molecule has 1 heterocycles. The second-order valence-electron chi connectivity index (χ2n) is 3.20. The molecule has 3 nitrogen and oxygen atoms in total. The van der Waals surface area contributed by atoms with Crippen molar-refractivity contribution in [3.05, 3.63) is 31.1 Å². The second-order valence-corrected chi connectivity index (χ2v) is 3.94. The first-order chi connectivity index (χ1) is 6.66. The van der Waals surface area contributed by atoms with Crippen LogP contribution in [0.25, 0.3) is 0 Å². The van der Waals surface area contributed by atoms with Crippen molar-refractivity contribution in [1.29, 1.82) is 0 Å². The van der Waals surface area contributed by atoms with Gasteiger partial charge in [-0.15, -0.1) is 0 Å². The van der Waals surface area contributed by atoms with Crippen LogP contribution in [0.5, 0.6) is 0 Å². The first-order valence-corrected chi connectivity index (χ1v) is 5.13. The van der Waals surface area contributed by atoms with Crippen LogP contribution in [0.1, 0.15) is 25.5 Å². The average Bonchev–Trinajstić information content (AvgIpc) is 2.14. The summed E-state index contributed by atoms with van der Waals surface area (Å²) in [5.41, 5.74) is 1.13. The molecule has 4 heteroatoms. The number of pyridine rings is 1. The molecule has 0 radical (unpaired) electrons. The molecule has 0 aliphatic rings. The summed E-state index contributed by atoms with van der Waals surface area (Å²) in [6.45, 7) is 4.24. The lowest BCUT2D eigenvalue weighted by Crippen LogP contribution is -2.32. The SMILES string of the molecule is [CH2-][n+]1cccc(SOOC)c1C(C)C. The zero-order valence-electron chi connectivity index (χ0n) is 8.69. The molecular formula is C10H15NO2S. The van der Waals surface area contributed by atoms with Crippen molar-refractivity contribution in [1.82, 2.24) is 0 Å². The monoisotopic (exact) mass is 213 g/mol. The first-order valence-electron chi connectivity index (χ1n) is 4.39. The van der Waals surface area contributed by atoms with Crippen molar-refractivity contribution in [3.63, 3.8) is 0 Å². The molecule has 0 unspecified atom stereocenters. The van der Waals surface area contributed by atoms with Crippen molar-refractivity contribution in [3.8, 4) is 0 Å². The summed E-state index contributed by atoms with van der Waals surface area (Å²) < 4.78 is 6.69. The van der Waals surface area contributed by atoms with E-state index in [1.165, 1.54) is 19.2 Å².